The molecule has 0 saturated heterocycles. The van der Waals surface area contributed by atoms with E-state index in [1.807, 2.05) is 25.3 Å². The van der Waals surface area contributed by atoms with E-state index >= 15 is 0 Å². The van der Waals surface area contributed by atoms with E-state index in [1.165, 1.54) is 17.7 Å². The molecule has 0 amide bonds. The third-order valence-corrected chi connectivity index (χ3v) is 3.65. The molecule has 0 fully saturated rings. The van der Waals surface area contributed by atoms with Gasteiger partial charge in [0.1, 0.15) is 6.33 Å². The largest absolute Gasteiger partial charge is 0.364 e. The van der Waals surface area contributed by atoms with Crippen molar-refractivity contribution in [1.29, 1.82) is 0 Å². The van der Waals surface area contributed by atoms with E-state index in [1.54, 1.807) is 0 Å². The van der Waals surface area contributed by atoms with Crippen LogP contribution in [0.4, 0.5) is 11.5 Å². The smallest absolute Gasteiger partial charge is 0.338 e. The topological polar surface area (TPSA) is 81.0 Å². The average molecular weight is 278 g/mol. The first-order valence-electron chi connectivity index (χ1n) is 5.92. The van der Waals surface area contributed by atoms with Crippen molar-refractivity contribution in [3.8, 4) is 10.6 Å². The molecule has 6 nitrogen and oxygen atoms in total. The highest BCUT2D eigenvalue weighted by atomic mass is 32.1. The number of nitrogens with one attached hydrogen (secondary N) is 1. The lowest BCUT2D eigenvalue weighted by Crippen LogP contribution is -2.07. The molecule has 100 valence electrons. The van der Waals surface area contributed by atoms with E-state index in [0.29, 0.717) is 12.2 Å². The van der Waals surface area contributed by atoms with Crippen molar-refractivity contribution in [2.75, 3.05) is 11.9 Å². The van der Waals surface area contributed by atoms with E-state index in [4.69, 9.17) is 0 Å². The second-order valence-corrected chi connectivity index (χ2v) is 4.95. The molecule has 0 saturated carbocycles. The summed E-state index contributed by atoms with van der Waals surface area (Å²) in [6.45, 7) is 4.54. The van der Waals surface area contributed by atoms with Gasteiger partial charge in [-0.25, -0.2) is 9.97 Å². The lowest BCUT2D eigenvalue weighted by Gasteiger charge is -2.07. The summed E-state index contributed by atoms with van der Waals surface area (Å²) < 4.78 is 0. The van der Waals surface area contributed by atoms with Crippen molar-refractivity contribution in [3.05, 3.63) is 33.5 Å². The average Bonchev–Trinajstić information content (AvgIpc) is 2.81. The Balaban J connectivity index is 2.55. The highest BCUT2D eigenvalue weighted by Gasteiger charge is 2.25. The van der Waals surface area contributed by atoms with E-state index in [-0.39, 0.29) is 11.5 Å². The monoisotopic (exact) mass is 278 g/mol. The Labute approximate surface area is 114 Å². The van der Waals surface area contributed by atoms with Gasteiger partial charge in [-0.15, -0.1) is 11.3 Å². The van der Waals surface area contributed by atoms with Crippen LogP contribution in [0.3, 0.4) is 0 Å². The minimum absolute atomic E-state index is 0.0542. The Morgan fingerprint density at radius 2 is 2.26 bits per heavy atom. The van der Waals surface area contributed by atoms with Crippen molar-refractivity contribution in [2.45, 2.75) is 20.3 Å². The van der Waals surface area contributed by atoms with Crippen LogP contribution in [-0.2, 0) is 0 Å². The Kier molecular flexibility index (Phi) is 4.06. The molecule has 1 N–H and O–H groups in total. The van der Waals surface area contributed by atoms with E-state index < -0.39 is 4.92 Å². The minimum Gasteiger partial charge on any atom is -0.364 e. The van der Waals surface area contributed by atoms with Crippen molar-refractivity contribution in [3.63, 3.8) is 0 Å². The van der Waals surface area contributed by atoms with Gasteiger partial charge in [0, 0.05) is 6.54 Å². The number of thiophene rings is 1. The van der Waals surface area contributed by atoms with Gasteiger partial charge in [-0.05, 0) is 30.4 Å². The SMILES string of the molecule is CCCNc1ncnc(-c2sccc2C)c1[N+](=O)[O-]. The molecule has 0 atom stereocenters. The zero-order chi connectivity index (χ0) is 13.8. The first-order chi connectivity index (χ1) is 9.15. The van der Waals surface area contributed by atoms with Crippen LogP contribution in [-0.4, -0.2) is 21.4 Å². The molecule has 2 heterocycles. The maximum atomic E-state index is 11.3. The van der Waals surface area contributed by atoms with Crippen LogP contribution < -0.4 is 5.32 Å². The van der Waals surface area contributed by atoms with Crippen molar-refractivity contribution in [2.24, 2.45) is 0 Å². The molecule has 0 spiro atoms. The molecule has 7 heteroatoms. The minimum atomic E-state index is -0.424. The third kappa shape index (κ3) is 2.70. The summed E-state index contributed by atoms with van der Waals surface area (Å²) in [5.74, 6) is 0.282. The van der Waals surface area contributed by atoms with Crippen molar-refractivity contribution < 1.29 is 4.92 Å². The standard InChI is InChI=1S/C12H14N4O2S/c1-3-5-13-12-10(16(17)18)9(14-7-15-12)11-8(2)4-6-19-11/h4,6-7H,3,5H2,1-2H3,(H,13,14,15). The molecule has 19 heavy (non-hydrogen) atoms. The van der Waals surface area contributed by atoms with Crippen molar-refractivity contribution >= 4 is 22.8 Å². The van der Waals surface area contributed by atoms with Crippen LogP contribution in [0, 0.1) is 17.0 Å². The summed E-state index contributed by atoms with van der Waals surface area (Å²) in [6, 6.07) is 1.92. The first-order valence-corrected chi connectivity index (χ1v) is 6.80. The van der Waals surface area contributed by atoms with Gasteiger partial charge in [-0.3, -0.25) is 10.1 Å². The maximum absolute atomic E-state index is 11.3. The van der Waals surface area contributed by atoms with Crippen molar-refractivity contribution in [1.82, 2.24) is 9.97 Å². The summed E-state index contributed by atoms with van der Waals surface area (Å²) in [5.41, 5.74) is 1.31. The van der Waals surface area contributed by atoms with Gasteiger partial charge in [-0.1, -0.05) is 6.92 Å². The number of nitrogens with zero attached hydrogens (tertiary/aromatic N) is 3. The highest BCUT2D eigenvalue weighted by molar-refractivity contribution is 7.13. The summed E-state index contributed by atoms with van der Waals surface area (Å²) in [7, 11) is 0. The van der Waals surface area contributed by atoms with Gasteiger partial charge in [0.15, 0.2) is 5.69 Å². The highest BCUT2D eigenvalue weighted by Crippen LogP contribution is 2.37. The Bertz CT molecular complexity index is 597. The number of nitro groups is 1. The van der Waals surface area contributed by atoms with E-state index in [9.17, 15) is 10.1 Å². The molecule has 0 aromatic carbocycles. The quantitative estimate of drug-likeness (QED) is 0.670. The second kappa shape index (κ2) is 5.75. The van der Waals surface area contributed by atoms with Gasteiger partial charge in [-0.2, -0.15) is 0 Å². The van der Waals surface area contributed by atoms with Crippen LogP contribution in [0.25, 0.3) is 10.6 Å². The number of hydrogen-bond acceptors (Lipinski definition) is 6. The molecule has 0 aliphatic carbocycles. The normalized spacial score (nSPS) is 10.4. The molecule has 2 aromatic rings. The molecule has 2 rings (SSSR count). The van der Waals surface area contributed by atoms with Gasteiger partial charge in [0.25, 0.3) is 0 Å². The molecular weight excluding hydrogens is 264 g/mol. The fourth-order valence-corrected chi connectivity index (χ4v) is 2.63. The van der Waals surface area contributed by atoms with Crippen LogP contribution in [0.1, 0.15) is 18.9 Å². The van der Waals surface area contributed by atoms with Crippen LogP contribution in [0.2, 0.25) is 0 Å². The summed E-state index contributed by atoms with van der Waals surface area (Å²) >= 11 is 1.44. The summed E-state index contributed by atoms with van der Waals surface area (Å²) in [4.78, 5) is 19.8. The third-order valence-electron chi connectivity index (χ3n) is 2.62. The fourth-order valence-electron chi connectivity index (χ4n) is 1.71. The lowest BCUT2D eigenvalue weighted by atomic mass is 10.2. The second-order valence-electron chi connectivity index (χ2n) is 4.04. The molecule has 0 aliphatic rings. The fraction of sp³-hybridized carbons (Fsp3) is 0.333. The molecule has 2 aromatic heterocycles. The Hall–Kier alpha value is -2.02. The van der Waals surface area contributed by atoms with Crippen LogP contribution >= 0.6 is 11.3 Å². The Morgan fingerprint density at radius 1 is 1.47 bits per heavy atom. The molecule has 0 bridgehead atoms. The van der Waals surface area contributed by atoms with E-state index in [2.05, 4.69) is 15.3 Å². The number of aromatic nitrogens is 2. The summed E-state index contributed by atoms with van der Waals surface area (Å²) in [6.07, 6.45) is 2.23. The zero-order valence-electron chi connectivity index (χ0n) is 10.7. The molecule has 0 aliphatic heterocycles. The van der Waals surface area contributed by atoms with Gasteiger partial charge >= 0.3 is 5.69 Å². The number of hydrogen-bond donors (Lipinski definition) is 1. The number of anilines is 1. The Morgan fingerprint density at radius 3 is 2.84 bits per heavy atom. The summed E-state index contributed by atoms with van der Waals surface area (Å²) in [5, 5.41) is 16.2. The van der Waals surface area contributed by atoms with Crippen LogP contribution in [0.5, 0.6) is 0 Å². The molecule has 0 unspecified atom stereocenters. The molecular formula is C12H14N4O2S. The number of aryl methyl sites for hydroxylation is 1. The first kappa shape index (κ1) is 13.4. The zero-order valence-corrected chi connectivity index (χ0v) is 11.5. The lowest BCUT2D eigenvalue weighted by molar-refractivity contribution is -0.383. The number of rotatable bonds is 5. The predicted molar refractivity (Wildman–Crippen MR) is 75.5 cm³/mol. The van der Waals surface area contributed by atoms with Gasteiger partial charge in [0.2, 0.25) is 5.82 Å². The van der Waals surface area contributed by atoms with Gasteiger partial charge in [0.05, 0.1) is 9.80 Å². The maximum Gasteiger partial charge on any atom is 0.338 e. The predicted octanol–water partition coefficient (Wildman–Crippen LogP) is 3.24. The van der Waals surface area contributed by atoms with Gasteiger partial charge < -0.3 is 5.32 Å². The van der Waals surface area contributed by atoms with Crippen LogP contribution in [0.15, 0.2) is 17.8 Å². The molecule has 0 radical (unpaired) electrons. The van der Waals surface area contributed by atoms with E-state index in [0.717, 1.165) is 16.9 Å².